The average molecular weight is 221 g/mol. The third kappa shape index (κ3) is 4.36. The minimum Gasteiger partial charge on any atom is -0.301 e. The maximum atomic E-state index is 3.50. The fraction of sp³-hybridized carbons (Fsp3) is 0.600. The zero-order chi connectivity index (χ0) is 12.4. The molecule has 1 heterocycles. The monoisotopic (exact) mass is 221 g/mol. The van der Waals surface area contributed by atoms with Gasteiger partial charge in [-0.3, -0.25) is 0 Å². The molecule has 1 aliphatic rings. The third-order valence-corrected chi connectivity index (χ3v) is 2.76. The van der Waals surface area contributed by atoms with E-state index in [-0.39, 0.29) is 5.54 Å². The van der Waals surface area contributed by atoms with E-state index in [1.165, 1.54) is 5.57 Å². The summed E-state index contributed by atoms with van der Waals surface area (Å²) in [5.41, 5.74) is 1.54. The van der Waals surface area contributed by atoms with Crippen LogP contribution < -0.4 is 5.32 Å². The first-order chi connectivity index (χ1) is 7.73. The summed E-state index contributed by atoms with van der Waals surface area (Å²) >= 11 is 0. The highest BCUT2D eigenvalue weighted by molar-refractivity contribution is 5.32. The van der Waals surface area contributed by atoms with Gasteiger partial charge in [0.2, 0.25) is 0 Å². The summed E-state index contributed by atoms with van der Waals surface area (Å²) < 4.78 is 0. The van der Waals surface area contributed by atoms with Gasteiger partial charge in [-0.05, 0) is 25.3 Å². The van der Waals surface area contributed by atoms with Crippen molar-refractivity contribution in [1.82, 2.24) is 5.32 Å². The van der Waals surface area contributed by atoms with Crippen LogP contribution in [-0.2, 0) is 0 Å². The summed E-state index contributed by atoms with van der Waals surface area (Å²) in [7, 11) is 0. The Morgan fingerprint density at radius 1 is 1.38 bits per heavy atom. The molecule has 0 aromatic heterocycles. The van der Waals surface area contributed by atoms with Gasteiger partial charge >= 0.3 is 0 Å². The number of allylic oxidation sites excluding steroid dienone is 3. The Bertz CT molecular complexity index is 261. The summed E-state index contributed by atoms with van der Waals surface area (Å²) in [6.07, 6.45) is 13.3. The molecule has 1 unspecified atom stereocenters. The number of rotatable bonds is 4. The molecule has 1 aliphatic heterocycles. The van der Waals surface area contributed by atoms with Crippen molar-refractivity contribution in [2.45, 2.75) is 53.0 Å². The second kappa shape index (κ2) is 8.35. The van der Waals surface area contributed by atoms with E-state index >= 15 is 0 Å². The lowest BCUT2D eigenvalue weighted by atomic mass is 9.90. The minimum atomic E-state index is 0.0901. The maximum Gasteiger partial charge on any atom is 0.0556 e. The van der Waals surface area contributed by atoms with Gasteiger partial charge in [0, 0.05) is 6.54 Å². The smallest absolute Gasteiger partial charge is 0.0556 e. The van der Waals surface area contributed by atoms with Crippen LogP contribution in [0.15, 0.2) is 36.0 Å². The van der Waals surface area contributed by atoms with Gasteiger partial charge in [-0.1, -0.05) is 58.1 Å². The van der Waals surface area contributed by atoms with Crippen LogP contribution in [0.5, 0.6) is 0 Å². The van der Waals surface area contributed by atoms with Crippen LogP contribution in [0.4, 0.5) is 0 Å². The molecule has 92 valence electrons. The van der Waals surface area contributed by atoms with Crippen LogP contribution in [0, 0.1) is 0 Å². The van der Waals surface area contributed by atoms with Crippen molar-refractivity contribution in [3.05, 3.63) is 36.0 Å². The average Bonchev–Trinajstić information content (AvgIpc) is 2.75. The molecule has 16 heavy (non-hydrogen) atoms. The molecule has 0 radical (unpaired) electrons. The van der Waals surface area contributed by atoms with E-state index in [1.807, 2.05) is 13.8 Å². The van der Waals surface area contributed by atoms with Gasteiger partial charge in [0.1, 0.15) is 0 Å². The van der Waals surface area contributed by atoms with Gasteiger partial charge in [0.15, 0.2) is 0 Å². The Hall–Kier alpha value is -0.820. The van der Waals surface area contributed by atoms with Gasteiger partial charge in [-0.25, -0.2) is 0 Å². The molecule has 1 heteroatoms. The van der Waals surface area contributed by atoms with E-state index in [1.54, 1.807) is 0 Å². The highest BCUT2D eigenvalue weighted by atomic mass is 15.0. The molecule has 0 spiro atoms. The van der Waals surface area contributed by atoms with Crippen molar-refractivity contribution in [3.8, 4) is 0 Å². The van der Waals surface area contributed by atoms with Crippen LogP contribution in [-0.4, -0.2) is 12.1 Å². The Morgan fingerprint density at radius 3 is 2.50 bits per heavy atom. The van der Waals surface area contributed by atoms with Crippen molar-refractivity contribution < 1.29 is 0 Å². The lowest BCUT2D eigenvalue weighted by Crippen LogP contribution is -2.38. The molecule has 0 saturated heterocycles. The summed E-state index contributed by atoms with van der Waals surface area (Å²) in [6, 6.07) is 0. The van der Waals surface area contributed by atoms with Gasteiger partial charge in [-0.15, -0.1) is 0 Å². The quantitative estimate of drug-likeness (QED) is 0.553. The molecule has 0 fully saturated rings. The normalized spacial score (nSPS) is 24.7. The van der Waals surface area contributed by atoms with Crippen LogP contribution in [0.1, 0.15) is 47.5 Å². The number of hydrogen-bond donors (Lipinski definition) is 1. The lowest BCUT2D eigenvalue weighted by Gasteiger charge is -2.26. The Balaban J connectivity index is 0.00000106. The van der Waals surface area contributed by atoms with Crippen LogP contribution in [0.2, 0.25) is 0 Å². The molecule has 1 nitrogen and oxygen atoms in total. The van der Waals surface area contributed by atoms with Crippen molar-refractivity contribution in [2.75, 3.05) is 6.54 Å². The molecule has 1 rings (SSSR count). The number of hydrogen-bond acceptors (Lipinski definition) is 1. The first kappa shape index (κ1) is 15.2. The standard InChI is InChI=1S/C13H21N.C2H6/c1-4-6-7-9-12(5-2)13(3)10-8-11-14-13;1-2/h6-10,14H,4-5,11H2,1-3H3;1-2H3/b7-6-,12-9+;. The summed E-state index contributed by atoms with van der Waals surface area (Å²) in [5, 5.41) is 3.50. The van der Waals surface area contributed by atoms with Crippen molar-refractivity contribution in [3.63, 3.8) is 0 Å². The largest absolute Gasteiger partial charge is 0.301 e. The van der Waals surface area contributed by atoms with Gasteiger partial charge in [-0.2, -0.15) is 0 Å². The second-order valence-corrected chi connectivity index (χ2v) is 3.87. The highest BCUT2D eigenvalue weighted by Gasteiger charge is 2.25. The lowest BCUT2D eigenvalue weighted by molar-refractivity contribution is 0.545. The fourth-order valence-electron chi connectivity index (χ4n) is 1.82. The molecular weight excluding hydrogens is 194 g/mol. The summed E-state index contributed by atoms with van der Waals surface area (Å²) in [4.78, 5) is 0. The molecule has 0 bridgehead atoms. The zero-order valence-corrected chi connectivity index (χ0v) is 11.5. The van der Waals surface area contributed by atoms with E-state index in [9.17, 15) is 0 Å². The molecular formula is C15H27N. The predicted octanol–water partition coefficient (Wildman–Crippen LogP) is 4.23. The van der Waals surface area contributed by atoms with Crippen molar-refractivity contribution >= 4 is 0 Å². The molecule has 0 aromatic rings. The van der Waals surface area contributed by atoms with Gasteiger partial charge in [0.25, 0.3) is 0 Å². The van der Waals surface area contributed by atoms with E-state index in [0.29, 0.717) is 0 Å². The predicted molar refractivity (Wildman–Crippen MR) is 74.7 cm³/mol. The van der Waals surface area contributed by atoms with Gasteiger partial charge in [0.05, 0.1) is 5.54 Å². The van der Waals surface area contributed by atoms with E-state index < -0.39 is 0 Å². The second-order valence-electron chi connectivity index (χ2n) is 3.87. The summed E-state index contributed by atoms with van der Waals surface area (Å²) in [6.45, 7) is 11.6. The molecule has 0 aliphatic carbocycles. The fourth-order valence-corrected chi connectivity index (χ4v) is 1.82. The maximum absolute atomic E-state index is 3.50. The first-order valence-electron chi connectivity index (χ1n) is 6.52. The minimum absolute atomic E-state index is 0.0901. The summed E-state index contributed by atoms with van der Waals surface area (Å²) in [5.74, 6) is 0. The SMILES string of the molecule is CC.CC/C=C\C=C(/CC)C1(C)C=CCN1. The van der Waals surface area contributed by atoms with E-state index in [4.69, 9.17) is 0 Å². The molecule has 0 aromatic carbocycles. The molecule has 1 N–H and O–H groups in total. The first-order valence-corrected chi connectivity index (χ1v) is 6.52. The van der Waals surface area contributed by atoms with Crippen LogP contribution in [0.25, 0.3) is 0 Å². The highest BCUT2D eigenvalue weighted by Crippen LogP contribution is 2.24. The molecule has 0 amide bonds. The van der Waals surface area contributed by atoms with E-state index in [2.05, 4.69) is 56.5 Å². The Kier molecular flexibility index (Phi) is 7.92. The Labute approximate surface area is 101 Å². The third-order valence-electron chi connectivity index (χ3n) is 2.76. The van der Waals surface area contributed by atoms with Crippen molar-refractivity contribution in [1.29, 1.82) is 0 Å². The van der Waals surface area contributed by atoms with Gasteiger partial charge < -0.3 is 5.32 Å². The van der Waals surface area contributed by atoms with E-state index in [0.717, 1.165) is 19.4 Å². The van der Waals surface area contributed by atoms with Crippen LogP contribution in [0.3, 0.4) is 0 Å². The molecule has 1 atom stereocenters. The number of nitrogens with one attached hydrogen (secondary N) is 1. The van der Waals surface area contributed by atoms with Crippen LogP contribution >= 0.6 is 0 Å². The zero-order valence-electron chi connectivity index (χ0n) is 11.5. The van der Waals surface area contributed by atoms with Crippen molar-refractivity contribution in [2.24, 2.45) is 0 Å². The Morgan fingerprint density at radius 2 is 2.06 bits per heavy atom. The molecule has 0 saturated carbocycles. The topological polar surface area (TPSA) is 12.0 Å².